The van der Waals surface area contributed by atoms with Crippen LogP contribution < -0.4 is 14.4 Å². The smallest absolute Gasteiger partial charge is 0.294 e. The van der Waals surface area contributed by atoms with Gasteiger partial charge in [-0.1, -0.05) is 29.8 Å². The zero-order valence-corrected chi connectivity index (χ0v) is 28.0. The molecule has 49 heavy (non-hydrogen) atoms. The number of benzene rings is 3. The van der Waals surface area contributed by atoms with E-state index in [0.29, 0.717) is 19.0 Å². The van der Waals surface area contributed by atoms with E-state index in [4.69, 9.17) is 21.1 Å². The van der Waals surface area contributed by atoms with Crippen molar-refractivity contribution in [3.8, 4) is 11.5 Å². The van der Waals surface area contributed by atoms with Gasteiger partial charge in [-0.15, -0.1) is 10.1 Å². The summed E-state index contributed by atoms with van der Waals surface area (Å²) in [5.41, 5.74) is 2.20. The first-order chi connectivity index (χ1) is 23.7. The van der Waals surface area contributed by atoms with Crippen LogP contribution in [0.3, 0.4) is 0 Å². The molecular weight excluding hydrogens is 666 g/mol. The van der Waals surface area contributed by atoms with Gasteiger partial charge in [-0.05, 0) is 67.9 Å². The van der Waals surface area contributed by atoms with Crippen LogP contribution in [-0.2, 0) is 25.7 Å². The lowest BCUT2D eigenvalue weighted by atomic mass is 10.2. The van der Waals surface area contributed by atoms with E-state index in [-0.39, 0.29) is 38.6 Å². The van der Waals surface area contributed by atoms with Crippen molar-refractivity contribution in [1.29, 1.82) is 0 Å². The Kier molecular flexibility index (Phi) is 16.9. The highest BCUT2D eigenvalue weighted by molar-refractivity contribution is 6.31. The Hall–Kier alpha value is -4.69. The van der Waals surface area contributed by atoms with Gasteiger partial charge >= 0.3 is 0 Å². The van der Waals surface area contributed by atoms with Crippen LogP contribution in [0.5, 0.6) is 11.5 Å². The minimum absolute atomic E-state index is 0.0408. The van der Waals surface area contributed by atoms with Gasteiger partial charge in [0.2, 0.25) is 6.41 Å². The normalized spacial score (nSPS) is 13.8. The van der Waals surface area contributed by atoms with Crippen LogP contribution >= 0.6 is 11.6 Å². The molecular formula is C34H41ClF2N4O8. The Morgan fingerprint density at radius 2 is 1.63 bits per heavy atom. The monoisotopic (exact) mass is 706 g/mol. The van der Waals surface area contributed by atoms with Gasteiger partial charge in [0.25, 0.3) is 11.6 Å². The summed E-state index contributed by atoms with van der Waals surface area (Å²) in [6.07, 6.45) is 3.51. The Morgan fingerprint density at radius 1 is 0.939 bits per heavy atom. The molecule has 1 heterocycles. The maximum absolute atomic E-state index is 13.4. The van der Waals surface area contributed by atoms with E-state index in [1.54, 1.807) is 0 Å². The van der Waals surface area contributed by atoms with E-state index >= 15 is 0 Å². The highest BCUT2D eigenvalue weighted by Gasteiger charge is 2.28. The number of halogens is 3. The van der Waals surface area contributed by atoms with Gasteiger partial charge in [-0.2, -0.15) is 0 Å². The zero-order valence-electron chi connectivity index (χ0n) is 27.3. The van der Waals surface area contributed by atoms with Crippen LogP contribution in [-0.4, -0.2) is 93.5 Å². The van der Waals surface area contributed by atoms with Gasteiger partial charge in [0.1, 0.15) is 24.8 Å². The second-order valence-electron chi connectivity index (χ2n) is 11.0. The van der Waals surface area contributed by atoms with Crippen LogP contribution in [0.15, 0.2) is 66.7 Å². The van der Waals surface area contributed by atoms with Crippen molar-refractivity contribution < 1.29 is 42.5 Å². The molecule has 0 atom stereocenters. The van der Waals surface area contributed by atoms with Crippen molar-refractivity contribution in [1.82, 2.24) is 9.80 Å². The number of ether oxygens (including phenoxy) is 3. The lowest BCUT2D eigenvalue weighted by Gasteiger charge is -2.34. The molecule has 15 heteroatoms. The molecule has 0 unspecified atom stereocenters. The third-order valence-electron chi connectivity index (χ3n) is 7.34. The molecule has 0 N–H and O–H groups in total. The van der Waals surface area contributed by atoms with Crippen molar-refractivity contribution >= 4 is 30.2 Å². The average molecular weight is 707 g/mol. The van der Waals surface area contributed by atoms with Gasteiger partial charge in [-0.25, -0.2) is 8.78 Å². The fraction of sp³-hybridized carbons (Fsp3) is 0.412. The van der Waals surface area contributed by atoms with Crippen molar-refractivity contribution in [2.24, 2.45) is 0 Å². The minimum Gasteiger partial charge on any atom is -0.490 e. The summed E-state index contributed by atoms with van der Waals surface area (Å²) in [5.74, 6) is -0.495. The average Bonchev–Trinajstić information content (AvgIpc) is 3.95. The summed E-state index contributed by atoms with van der Waals surface area (Å²) in [7, 11) is 2.13. The molecule has 1 amide bonds. The summed E-state index contributed by atoms with van der Waals surface area (Å²) in [6, 6.07) is 19.1. The van der Waals surface area contributed by atoms with Crippen molar-refractivity contribution in [3.05, 3.63) is 99.1 Å². The van der Waals surface area contributed by atoms with E-state index in [2.05, 4.69) is 26.4 Å². The second-order valence-corrected chi connectivity index (χ2v) is 11.4. The third-order valence-corrected chi connectivity index (χ3v) is 7.71. The molecule has 1 saturated heterocycles. The maximum atomic E-state index is 13.4. The lowest BCUT2D eigenvalue weighted by molar-refractivity contribution is -0.757. The van der Waals surface area contributed by atoms with Crippen molar-refractivity contribution in [3.63, 3.8) is 0 Å². The number of anilines is 1. The van der Waals surface area contributed by atoms with E-state index in [1.807, 2.05) is 53.4 Å². The number of carbonyl (C=O) groups excluding carboxylic acids is 2. The summed E-state index contributed by atoms with van der Waals surface area (Å²) in [4.78, 5) is 40.2. The van der Waals surface area contributed by atoms with Gasteiger partial charge in [0.05, 0.1) is 13.2 Å². The third kappa shape index (κ3) is 15.0. The quantitative estimate of drug-likeness (QED) is 0.0829. The fourth-order valence-corrected chi connectivity index (χ4v) is 4.72. The van der Waals surface area contributed by atoms with Gasteiger partial charge in [-0.3, -0.25) is 9.59 Å². The Labute approximate surface area is 289 Å². The Morgan fingerprint density at radius 3 is 2.27 bits per heavy atom. The molecule has 0 spiro atoms. The first kappa shape index (κ1) is 38.8. The topological polar surface area (TPSA) is 124 Å². The highest BCUT2D eigenvalue weighted by Crippen LogP contribution is 2.28. The van der Waals surface area contributed by atoms with Crippen LogP contribution in [0, 0.1) is 21.7 Å². The molecule has 1 aliphatic carbocycles. The number of piperazine rings is 1. The molecule has 266 valence electrons. The number of likely N-dealkylation sites (N-methyl/N-ethyl adjacent to an activating group) is 1. The number of nitrogens with zero attached hydrogens (tertiary/aromatic N) is 4. The summed E-state index contributed by atoms with van der Waals surface area (Å²) in [5, 5.41) is 9.35. The first-order valence-corrected chi connectivity index (χ1v) is 16.1. The summed E-state index contributed by atoms with van der Waals surface area (Å²) < 4.78 is 41.5. The largest absolute Gasteiger partial charge is 0.490 e. The molecule has 2 aliphatic rings. The molecule has 0 radical (unpaired) electrons. The fourth-order valence-electron chi connectivity index (χ4n) is 4.53. The van der Waals surface area contributed by atoms with E-state index in [1.165, 1.54) is 5.69 Å². The number of hydrogen-bond acceptors (Lipinski definition) is 10. The zero-order chi connectivity index (χ0) is 35.4. The molecule has 1 aliphatic heterocycles. The molecule has 3 aromatic rings. The molecule has 0 aromatic heterocycles. The highest BCUT2D eigenvalue weighted by atomic mass is 35.5. The number of carbonyl (C=O) groups is 2. The van der Waals surface area contributed by atoms with Crippen LogP contribution in [0.25, 0.3) is 0 Å². The summed E-state index contributed by atoms with van der Waals surface area (Å²) in [6.45, 7) is 5.58. The van der Waals surface area contributed by atoms with E-state index in [0.717, 1.165) is 80.0 Å². The molecule has 0 bridgehead atoms. The van der Waals surface area contributed by atoms with Crippen LogP contribution in [0.1, 0.15) is 24.8 Å². The van der Waals surface area contributed by atoms with Gasteiger partial charge < -0.3 is 33.7 Å². The molecule has 1 saturated carbocycles. The second kappa shape index (κ2) is 21.3. The number of hydrogen-bond donors (Lipinski definition) is 0. The molecule has 12 nitrogen and oxygen atoms in total. The van der Waals surface area contributed by atoms with E-state index < -0.39 is 16.7 Å². The van der Waals surface area contributed by atoms with Crippen molar-refractivity contribution in [2.75, 3.05) is 64.6 Å². The van der Waals surface area contributed by atoms with Crippen LogP contribution in [0.2, 0.25) is 5.02 Å². The Bertz CT molecular complexity index is 1440. The van der Waals surface area contributed by atoms with Crippen LogP contribution in [0.4, 0.5) is 14.5 Å². The van der Waals surface area contributed by atoms with Gasteiger partial charge in [0, 0.05) is 62.0 Å². The number of amides is 1. The predicted molar refractivity (Wildman–Crippen MR) is 179 cm³/mol. The molecule has 5 rings (SSSR count). The Balaban J connectivity index is 0.000000228. The van der Waals surface area contributed by atoms with Gasteiger partial charge in [0.15, 0.2) is 11.6 Å². The number of rotatable bonds is 16. The minimum atomic E-state index is -0.888. The summed E-state index contributed by atoms with van der Waals surface area (Å²) >= 11 is 6.01. The molecule has 3 aromatic carbocycles. The maximum Gasteiger partial charge on any atom is 0.294 e. The first-order valence-electron chi connectivity index (χ1n) is 15.7. The predicted octanol–water partition coefficient (Wildman–Crippen LogP) is 5.39. The standard InChI is InChI=1S/C19H22F2N2O2.C11H12ClNO.C4H7NO5/c1-22-8-10-23(11-9-22)16-3-5-17(6-4-16)24-12-13-25-19-14-15(20)2-7-18(19)21;12-11-4-2-1-3-9(11)7-13(8-14)10-5-6-10;6-4-9-2-1-3-10-5(7)8/h2-7,14H,8-13H2,1H3;1-4,8,10H,5-7H2;4H,1-3H2. The van der Waals surface area contributed by atoms with E-state index in [9.17, 15) is 28.5 Å². The molecule has 2 fully saturated rings. The lowest BCUT2D eigenvalue weighted by Crippen LogP contribution is -2.44. The SMILES string of the molecule is CN1CCN(c2ccc(OCCOc3cc(F)ccc3F)cc2)CC1.O=CN(Cc1ccccc1Cl)C1CC1.O=COCCCO[N+](=O)[O-]. The van der Waals surface area contributed by atoms with Crippen molar-refractivity contribution in [2.45, 2.75) is 31.8 Å².